The first-order valence-electron chi connectivity index (χ1n) is 7.68. The van der Waals surface area contributed by atoms with Crippen LogP contribution in [0.1, 0.15) is 46.0 Å². The molecule has 2 aliphatic rings. The van der Waals surface area contributed by atoms with Crippen LogP contribution in [0.2, 0.25) is 0 Å². The van der Waals surface area contributed by atoms with Gasteiger partial charge in [-0.3, -0.25) is 0 Å². The maximum atomic E-state index is 12.2. The van der Waals surface area contributed by atoms with E-state index in [1.54, 1.807) is 0 Å². The summed E-state index contributed by atoms with van der Waals surface area (Å²) in [5.74, 6) is 0.971. The number of likely N-dealkylation sites (tertiary alicyclic amines) is 1. The fourth-order valence-electron chi connectivity index (χ4n) is 3.27. The standard InChI is InChI=1S/C15H28N2O2/c1-12(2)8-15(5-6-15)11-16-14(19)17-7-3-4-13(9-17)10-18/h12-13,18H,3-11H2,1-2H3,(H,16,19). The molecule has 110 valence electrons. The van der Waals surface area contributed by atoms with Gasteiger partial charge in [0.2, 0.25) is 0 Å². The van der Waals surface area contributed by atoms with Crippen LogP contribution in [0, 0.1) is 17.3 Å². The minimum Gasteiger partial charge on any atom is -0.396 e. The van der Waals surface area contributed by atoms with Crippen LogP contribution in [0.15, 0.2) is 0 Å². The third kappa shape index (κ3) is 4.10. The molecule has 2 fully saturated rings. The Balaban J connectivity index is 1.75. The average molecular weight is 268 g/mol. The molecule has 4 nitrogen and oxygen atoms in total. The summed E-state index contributed by atoms with van der Waals surface area (Å²) in [6, 6.07) is 0.0631. The molecular formula is C15H28N2O2. The minimum absolute atomic E-state index is 0.0631. The van der Waals surface area contributed by atoms with Crippen LogP contribution in [0.3, 0.4) is 0 Å². The zero-order valence-electron chi connectivity index (χ0n) is 12.3. The second kappa shape index (κ2) is 6.12. The summed E-state index contributed by atoms with van der Waals surface area (Å²) in [7, 11) is 0. The summed E-state index contributed by atoms with van der Waals surface area (Å²) in [6.07, 6.45) is 5.77. The van der Waals surface area contributed by atoms with E-state index in [2.05, 4.69) is 19.2 Å². The van der Waals surface area contributed by atoms with E-state index in [0.29, 0.717) is 17.9 Å². The Labute approximate surface area is 116 Å². The van der Waals surface area contributed by atoms with E-state index in [4.69, 9.17) is 0 Å². The maximum Gasteiger partial charge on any atom is 0.317 e. The second-order valence-electron chi connectivity index (χ2n) is 6.89. The van der Waals surface area contributed by atoms with E-state index in [0.717, 1.165) is 25.9 Å². The van der Waals surface area contributed by atoms with Gasteiger partial charge in [-0.1, -0.05) is 13.8 Å². The molecule has 4 heteroatoms. The normalized spacial score (nSPS) is 25.5. The van der Waals surface area contributed by atoms with Gasteiger partial charge >= 0.3 is 6.03 Å². The van der Waals surface area contributed by atoms with Crippen molar-refractivity contribution in [3.63, 3.8) is 0 Å². The van der Waals surface area contributed by atoms with Crippen molar-refractivity contribution in [2.75, 3.05) is 26.2 Å². The molecule has 1 aliphatic heterocycles. The van der Waals surface area contributed by atoms with Crippen molar-refractivity contribution in [3.8, 4) is 0 Å². The molecule has 1 unspecified atom stereocenters. The number of hydrogen-bond acceptors (Lipinski definition) is 2. The smallest absolute Gasteiger partial charge is 0.317 e. The fourth-order valence-corrected chi connectivity index (χ4v) is 3.27. The molecule has 1 saturated carbocycles. The molecule has 1 atom stereocenters. The number of hydrogen-bond donors (Lipinski definition) is 2. The number of amides is 2. The van der Waals surface area contributed by atoms with Gasteiger partial charge < -0.3 is 15.3 Å². The Morgan fingerprint density at radius 2 is 2.21 bits per heavy atom. The molecule has 0 aromatic carbocycles. The summed E-state index contributed by atoms with van der Waals surface area (Å²) in [5.41, 5.74) is 0.385. The molecule has 1 aliphatic carbocycles. The minimum atomic E-state index is 0.0631. The summed E-state index contributed by atoms with van der Waals surface area (Å²) >= 11 is 0. The molecule has 0 aromatic rings. The lowest BCUT2D eigenvalue weighted by atomic mass is 9.94. The van der Waals surface area contributed by atoms with Crippen LogP contribution < -0.4 is 5.32 Å². The van der Waals surface area contributed by atoms with Crippen molar-refractivity contribution in [2.45, 2.75) is 46.0 Å². The van der Waals surface area contributed by atoms with Crippen LogP contribution >= 0.6 is 0 Å². The SMILES string of the molecule is CC(C)CC1(CNC(=O)N2CCCC(CO)C2)CC1. The van der Waals surface area contributed by atoms with Crippen LogP contribution in [0.25, 0.3) is 0 Å². The zero-order valence-corrected chi connectivity index (χ0v) is 12.3. The average Bonchev–Trinajstić information content (AvgIpc) is 3.15. The largest absolute Gasteiger partial charge is 0.396 e. The first-order valence-corrected chi connectivity index (χ1v) is 7.68. The maximum absolute atomic E-state index is 12.2. The highest BCUT2D eigenvalue weighted by atomic mass is 16.3. The Morgan fingerprint density at radius 1 is 1.47 bits per heavy atom. The van der Waals surface area contributed by atoms with Gasteiger partial charge in [0.05, 0.1) is 0 Å². The predicted octanol–water partition coefficient (Wildman–Crippen LogP) is 2.23. The lowest BCUT2D eigenvalue weighted by molar-refractivity contribution is 0.128. The first-order chi connectivity index (χ1) is 9.04. The lowest BCUT2D eigenvalue weighted by Crippen LogP contribution is -2.47. The Hall–Kier alpha value is -0.770. The molecule has 19 heavy (non-hydrogen) atoms. The highest BCUT2D eigenvalue weighted by molar-refractivity contribution is 5.74. The molecule has 0 radical (unpaired) electrons. The molecule has 2 amide bonds. The van der Waals surface area contributed by atoms with Gasteiger partial charge in [-0.25, -0.2) is 4.79 Å². The van der Waals surface area contributed by atoms with Gasteiger partial charge in [0.25, 0.3) is 0 Å². The Kier molecular flexibility index (Phi) is 4.71. The molecule has 1 saturated heterocycles. The van der Waals surface area contributed by atoms with Crippen LogP contribution in [-0.2, 0) is 0 Å². The lowest BCUT2D eigenvalue weighted by Gasteiger charge is -2.32. The molecule has 0 bridgehead atoms. The number of carbonyl (C=O) groups excluding carboxylic acids is 1. The highest BCUT2D eigenvalue weighted by Crippen LogP contribution is 2.50. The van der Waals surface area contributed by atoms with Gasteiger partial charge in [0, 0.05) is 26.2 Å². The summed E-state index contributed by atoms with van der Waals surface area (Å²) in [6.45, 7) is 7.06. The monoisotopic (exact) mass is 268 g/mol. The van der Waals surface area contributed by atoms with Crippen LogP contribution in [-0.4, -0.2) is 42.3 Å². The van der Waals surface area contributed by atoms with E-state index in [1.165, 1.54) is 19.3 Å². The summed E-state index contributed by atoms with van der Waals surface area (Å²) in [4.78, 5) is 14.0. The summed E-state index contributed by atoms with van der Waals surface area (Å²) in [5, 5.41) is 12.3. The number of piperidine rings is 1. The summed E-state index contributed by atoms with van der Waals surface area (Å²) < 4.78 is 0. The van der Waals surface area contributed by atoms with Crippen LogP contribution in [0.5, 0.6) is 0 Å². The quantitative estimate of drug-likeness (QED) is 0.803. The molecule has 2 rings (SSSR count). The number of aliphatic hydroxyl groups excluding tert-OH is 1. The number of nitrogens with one attached hydrogen (secondary N) is 1. The predicted molar refractivity (Wildman–Crippen MR) is 75.9 cm³/mol. The third-order valence-corrected chi connectivity index (χ3v) is 4.48. The topological polar surface area (TPSA) is 52.6 Å². The number of rotatable bonds is 5. The van der Waals surface area contributed by atoms with Gasteiger partial charge in [0.1, 0.15) is 0 Å². The van der Waals surface area contributed by atoms with Gasteiger partial charge in [-0.2, -0.15) is 0 Å². The molecule has 2 N–H and O–H groups in total. The number of nitrogens with zero attached hydrogens (tertiary/aromatic N) is 1. The Morgan fingerprint density at radius 3 is 2.79 bits per heavy atom. The van der Waals surface area contributed by atoms with Gasteiger partial charge in [0.15, 0.2) is 0 Å². The molecule has 1 heterocycles. The van der Waals surface area contributed by atoms with Gasteiger partial charge in [-0.05, 0) is 49.4 Å². The van der Waals surface area contributed by atoms with E-state index in [-0.39, 0.29) is 18.6 Å². The number of aliphatic hydroxyl groups is 1. The van der Waals surface area contributed by atoms with Crippen LogP contribution in [0.4, 0.5) is 4.79 Å². The number of urea groups is 1. The van der Waals surface area contributed by atoms with Crippen molar-refractivity contribution < 1.29 is 9.90 Å². The zero-order chi connectivity index (χ0) is 13.9. The van der Waals surface area contributed by atoms with E-state index < -0.39 is 0 Å². The van der Waals surface area contributed by atoms with Crippen molar-refractivity contribution in [2.24, 2.45) is 17.3 Å². The molecular weight excluding hydrogens is 240 g/mol. The van der Waals surface area contributed by atoms with E-state index in [1.807, 2.05) is 4.90 Å². The van der Waals surface area contributed by atoms with Crippen molar-refractivity contribution >= 4 is 6.03 Å². The molecule has 0 spiro atoms. The van der Waals surface area contributed by atoms with E-state index in [9.17, 15) is 9.90 Å². The third-order valence-electron chi connectivity index (χ3n) is 4.48. The van der Waals surface area contributed by atoms with Crippen molar-refractivity contribution in [1.82, 2.24) is 10.2 Å². The van der Waals surface area contributed by atoms with Gasteiger partial charge in [-0.15, -0.1) is 0 Å². The Bertz CT molecular complexity index is 313. The number of carbonyl (C=O) groups is 1. The first kappa shape index (κ1) is 14.6. The fraction of sp³-hybridized carbons (Fsp3) is 0.933. The van der Waals surface area contributed by atoms with E-state index >= 15 is 0 Å². The molecule has 0 aromatic heterocycles. The highest BCUT2D eigenvalue weighted by Gasteiger charge is 2.43. The van der Waals surface area contributed by atoms with Crippen molar-refractivity contribution in [3.05, 3.63) is 0 Å². The second-order valence-corrected chi connectivity index (χ2v) is 6.89. The van der Waals surface area contributed by atoms with Crippen molar-refractivity contribution in [1.29, 1.82) is 0 Å².